The minimum Gasteiger partial charge on any atom is -0.504 e. The van der Waals surface area contributed by atoms with Gasteiger partial charge in [0.2, 0.25) is 0 Å². The van der Waals surface area contributed by atoms with Gasteiger partial charge in [0.15, 0.2) is 22.4 Å². The summed E-state index contributed by atoms with van der Waals surface area (Å²) in [5.74, 6) is -0.497. The maximum absolute atomic E-state index is 12.3. The zero-order valence-electron chi connectivity index (χ0n) is 13.0. The molecular formula is C18H16N2O3S. The van der Waals surface area contributed by atoms with Gasteiger partial charge in [0.1, 0.15) is 0 Å². The number of phenolic OH excluding ortho intramolecular Hbond substituents is 2. The summed E-state index contributed by atoms with van der Waals surface area (Å²) in [6.45, 7) is 2.02. The second kappa shape index (κ2) is 6.80. The number of aromatic nitrogens is 2. The number of carbonyl (C=O) groups excluding carboxylic acids is 1. The first-order valence-corrected chi connectivity index (χ1v) is 8.31. The fraction of sp³-hybridized carbons (Fsp3) is 0.111. The first-order chi connectivity index (χ1) is 11.5. The molecule has 24 heavy (non-hydrogen) atoms. The summed E-state index contributed by atoms with van der Waals surface area (Å²) < 4.78 is 1.93. The van der Waals surface area contributed by atoms with E-state index in [-0.39, 0.29) is 23.0 Å². The fourth-order valence-electron chi connectivity index (χ4n) is 2.28. The molecule has 0 radical (unpaired) electrons. The van der Waals surface area contributed by atoms with Crippen molar-refractivity contribution in [3.05, 3.63) is 66.0 Å². The molecule has 0 spiro atoms. The van der Waals surface area contributed by atoms with Crippen LogP contribution in [0, 0.1) is 6.92 Å². The molecule has 0 aliphatic heterocycles. The third-order valence-electron chi connectivity index (χ3n) is 3.52. The summed E-state index contributed by atoms with van der Waals surface area (Å²) in [6, 6.07) is 12.1. The molecule has 5 nitrogen and oxygen atoms in total. The third-order valence-corrected chi connectivity index (χ3v) is 4.48. The smallest absolute Gasteiger partial charge is 0.173 e. The third kappa shape index (κ3) is 3.44. The molecule has 0 saturated carbocycles. The lowest BCUT2D eigenvalue weighted by Crippen LogP contribution is -2.04. The number of ketones is 1. The molecule has 1 heterocycles. The van der Waals surface area contributed by atoms with Gasteiger partial charge in [-0.05, 0) is 42.8 Å². The highest BCUT2D eigenvalue weighted by atomic mass is 32.2. The SMILES string of the molecule is Cc1cccc(-n2ccnc2SCC(=O)c2ccc(O)c(O)c2)c1. The van der Waals surface area contributed by atoms with Crippen molar-refractivity contribution in [1.29, 1.82) is 0 Å². The quantitative estimate of drug-likeness (QED) is 0.422. The van der Waals surface area contributed by atoms with E-state index in [0.717, 1.165) is 16.4 Å². The molecule has 0 aliphatic rings. The Morgan fingerprint density at radius 1 is 1.17 bits per heavy atom. The van der Waals surface area contributed by atoms with Crippen LogP contribution in [0.15, 0.2) is 60.0 Å². The molecule has 0 saturated heterocycles. The van der Waals surface area contributed by atoms with E-state index in [0.29, 0.717) is 5.56 Å². The summed E-state index contributed by atoms with van der Waals surface area (Å²) in [5, 5.41) is 19.5. The van der Waals surface area contributed by atoms with E-state index in [4.69, 9.17) is 0 Å². The Balaban J connectivity index is 1.75. The summed E-state index contributed by atoms with van der Waals surface area (Å²) in [6.07, 6.45) is 3.55. The first kappa shape index (κ1) is 16.1. The summed E-state index contributed by atoms with van der Waals surface area (Å²) in [4.78, 5) is 16.6. The van der Waals surface area contributed by atoms with E-state index in [2.05, 4.69) is 4.98 Å². The fourth-order valence-corrected chi connectivity index (χ4v) is 3.15. The van der Waals surface area contributed by atoms with Crippen molar-refractivity contribution in [2.75, 3.05) is 5.75 Å². The molecule has 3 aromatic rings. The van der Waals surface area contributed by atoms with E-state index in [1.807, 2.05) is 42.0 Å². The average Bonchev–Trinajstić information content (AvgIpc) is 3.03. The predicted molar refractivity (Wildman–Crippen MR) is 93.1 cm³/mol. The number of thioether (sulfide) groups is 1. The van der Waals surface area contributed by atoms with Crippen molar-refractivity contribution in [3.8, 4) is 17.2 Å². The Morgan fingerprint density at radius 2 is 2.00 bits per heavy atom. The molecule has 0 amide bonds. The van der Waals surface area contributed by atoms with Gasteiger partial charge in [-0.2, -0.15) is 0 Å². The second-order valence-electron chi connectivity index (χ2n) is 5.33. The number of hydrogen-bond acceptors (Lipinski definition) is 5. The number of nitrogens with zero attached hydrogens (tertiary/aromatic N) is 2. The topological polar surface area (TPSA) is 75.4 Å². The van der Waals surface area contributed by atoms with Crippen molar-refractivity contribution < 1.29 is 15.0 Å². The molecule has 2 aromatic carbocycles. The van der Waals surface area contributed by atoms with E-state index in [1.54, 1.807) is 6.20 Å². The molecule has 2 N–H and O–H groups in total. The van der Waals surface area contributed by atoms with Crippen molar-refractivity contribution in [2.24, 2.45) is 0 Å². The Bertz CT molecular complexity index is 889. The maximum atomic E-state index is 12.3. The lowest BCUT2D eigenvalue weighted by molar-refractivity contribution is 0.102. The van der Waals surface area contributed by atoms with Crippen molar-refractivity contribution in [1.82, 2.24) is 9.55 Å². The van der Waals surface area contributed by atoms with Gasteiger partial charge < -0.3 is 10.2 Å². The summed E-state index contributed by atoms with van der Waals surface area (Å²) in [5.41, 5.74) is 2.49. The Morgan fingerprint density at radius 3 is 2.75 bits per heavy atom. The van der Waals surface area contributed by atoms with Gasteiger partial charge in [0, 0.05) is 23.6 Å². The zero-order chi connectivity index (χ0) is 17.1. The molecule has 6 heteroatoms. The molecule has 0 aliphatic carbocycles. The molecule has 3 rings (SSSR count). The molecular weight excluding hydrogens is 324 g/mol. The first-order valence-electron chi connectivity index (χ1n) is 7.33. The van der Waals surface area contributed by atoms with E-state index >= 15 is 0 Å². The van der Waals surface area contributed by atoms with Crippen molar-refractivity contribution >= 4 is 17.5 Å². The monoisotopic (exact) mass is 340 g/mol. The van der Waals surface area contributed by atoms with Crippen LogP contribution in [-0.2, 0) is 0 Å². The number of carbonyl (C=O) groups is 1. The van der Waals surface area contributed by atoms with Crippen LogP contribution < -0.4 is 0 Å². The van der Waals surface area contributed by atoms with E-state index < -0.39 is 0 Å². The normalized spacial score (nSPS) is 10.7. The van der Waals surface area contributed by atoms with Gasteiger partial charge in [-0.3, -0.25) is 9.36 Å². The highest BCUT2D eigenvalue weighted by molar-refractivity contribution is 7.99. The maximum Gasteiger partial charge on any atom is 0.173 e. The Hall–Kier alpha value is -2.73. The van der Waals surface area contributed by atoms with Crippen LogP contribution in [0.3, 0.4) is 0 Å². The minimum absolute atomic E-state index is 0.144. The largest absolute Gasteiger partial charge is 0.504 e. The van der Waals surface area contributed by atoms with Gasteiger partial charge in [0.25, 0.3) is 0 Å². The van der Waals surface area contributed by atoms with Crippen molar-refractivity contribution in [2.45, 2.75) is 12.1 Å². The van der Waals surface area contributed by atoms with Crippen LogP contribution in [-0.4, -0.2) is 31.3 Å². The molecule has 0 atom stereocenters. The molecule has 0 fully saturated rings. The highest BCUT2D eigenvalue weighted by Gasteiger charge is 2.12. The van der Waals surface area contributed by atoms with Crippen LogP contribution in [0.5, 0.6) is 11.5 Å². The zero-order valence-corrected chi connectivity index (χ0v) is 13.8. The van der Waals surface area contributed by atoms with Gasteiger partial charge in [-0.25, -0.2) is 4.98 Å². The van der Waals surface area contributed by atoms with E-state index in [1.165, 1.54) is 30.0 Å². The number of aryl methyl sites for hydroxylation is 1. The summed E-state index contributed by atoms with van der Waals surface area (Å²) >= 11 is 1.33. The van der Waals surface area contributed by atoms with E-state index in [9.17, 15) is 15.0 Å². The number of rotatable bonds is 5. The highest BCUT2D eigenvalue weighted by Crippen LogP contribution is 2.27. The minimum atomic E-state index is -0.299. The van der Waals surface area contributed by atoms with Crippen LogP contribution in [0.1, 0.15) is 15.9 Å². The molecule has 0 unspecified atom stereocenters. The number of benzene rings is 2. The second-order valence-corrected chi connectivity index (χ2v) is 6.28. The number of imidazole rings is 1. The van der Waals surface area contributed by atoms with Crippen LogP contribution in [0.4, 0.5) is 0 Å². The number of Topliss-reactive ketones (excluding diaryl/α,β-unsaturated/α-hetero) is 1. The average molecular weight is 340 g/mol. The lowest BCUT2D eigenvalue weighted by atomic mass is 10.1. The van der Waals surface area contributed by atoms with Gasteiger partial charge in [-0.15, -0.1) is 0 Å². The number of phenols is 2. The summed E-state index contributed by atoms with van der Waals surface area (Å²) in [7, 11) is 0. The van der Waals surface area contributed by atoms with Gasteiger partial charge >= 0.3 is 0 Å². The van der Waals surface area contributed by atoms with Crippen LogP contribution in [0.25, 0.3) is 5.69 Å². The predicted octanol–water partition coefficient (Wildman–Crippen LogP) is 3.57. The van der Waals surface area contributed by atoms with Crippen molar-refractivity contribution in [3.63, 3.8) is 0 Å². The van der Waals surface area contributed by atoms with Gasteiger partial charge in [0.05, 0.1) is 5.75 Å². The molecule has 1 aromatic heterocycles. The number of hydrogen-bond donors (Lipinski definition) is 2. The molecule has 122 valence electrons. The standard InChI is InChI=1S/C18H16N2O3S/c1-12-3-2-4-14(9-12)20-8-7-19-18(20)24-11-17(23)13-5-6-15(21)16(22)10-13/h2-10,21-22H,11H2,1H3. The molecule has 0 bridgehead atoms. The Kier molecular flexibility index (Phi) is 4.57. The van der Waals surface area contributed by atoms with Crippen LogP contribution in [0.2, 0.25) is 0 Å². The van der Waals surface area contributed by atoms with Crippen LogP contribution >= 0.6 is 11.8 Å². The number of aromatic hydroxyl groups is 2. The lowest BCUT2D eigenvalue weighted by Gasteiger charge is -2.08. The Labute approximate surface area is 143 Å². The van der Waals surface area contributed by atoms with Gasteiger partial charge in [-0.1, -0.05) is 23.9 Å².